The molecule has 0 radical (unpaired) electrons. The molecular weight excluding hydrogens is 192 g/mol. The largest absolute Gasteiger partial charge is 0.454 e. The van der Waals surface area contributed by atoms with Crippen LogP contribution in [-0.2, 0) is 0 Å². The lowest BCUT2D eigenvalue weighted by atomic mass is 10.3. The highest BCUT2D eigenvalue weighted by Crippen LogP contribution is 1.99. The molecule has 2 heteroatoms. The number of allylic oxidation sites excluding steroid dienone is 1. The molecule has 1 heterocycles. The summed E-state index contributed by atoms with van der Waals surface area (Å²) in [6, 6.07) is 0. The summed E-state index contributed by atoms with van der Waals surface area (Å²) in [4.78, 5) is 0. The van der Waals surface area contributed by atoms with Crippen LogP contribution in [0.15, 0.2) is 27.0 Å². The Bertz CT molecular complexity index is 440. The number of hydrogen-bond donors (Lipinski definition) is 0. The highest BCUT2D eigenvalue weighted by atomic mass is 79.9. The SMILES string of the molecule is Brc1coc2c1=CC=C=C=2. The van der Waals surface area contributed by atoms with E-state index in [1.807, 2.05) is 12.2 Å². The first-order valence-electron chi connectivity index (χ1n) is 2.83. The predicted molar refractivity (Wildman–Crippen MR) is 41.6 cm³/mol. The Morgan fingerprint density at radius 1 is 1.50 bits per heavy atom. The fourth-order valence-corrected chi connectivity index (χ4v) is 1.24. The monoisotopic (exact) mass is 194 g/mol. The van der Waals surface area contributed by atoms with Crippen LogP contribution >= 0.6 is 15.9 Å². The van der Waals surface area contributed by atoms with Gasteiger partial charge in [-0.1, -0.05) is 5.73 Å². The van der Waals surface area contributed by atoms with Gasteiger partial charge in [0.25, 0.3) is 0 Å². The van der Waals surface area contributed by atoms with Crippen LogP contribution in [0.3, 0.4) is 0 Å². The minimum absolute atomic E-state index is 0.745. The van der Waals surface area contributed by atoms with E-state index in [1.165, 1.54) is 0 Å². The van der Waals surface area contributed by atoms with Gasteiger partial charge in [-0.2, -0.15) is 0 Å². The molecule has 48 valence electrons. The average molecular weight is 195 g/mol. The Morgan fingerprint density at radius 2 is 2.40 bits per heavy atom. The van der Waals surface area contributed by atoms with Gasteiger partial charge in [0.15, 0.2) is 5.42 Å². The molecule has 1 aromatic heterocycles. The zero-order chi connectivity index (χ0) is 6.97. The quantitative estimate of drug-likeness (QED) is 0.561. The summed E-state index contributed by atoms with van der Waals surface area (Å²) in [5.41, 5.74) is 6.40. The molecule has 0 N–H and O–H groups in total. The maximum Gasteiger partial charge on any atom is 0.185 e. The Labute approximate surface area is 65.8 Å². The third-order valence-electron chi connectivity index (χ3n) is 1.30. The van der Waals surface area contributed by atoms with E-state index < -0.39 is 0 Å². The van der Waals surface area contributed by atoms with Crippen LogP contribution in [0.25, 0.3) is 11.8 Å². The van der Waals surface area contributed by atoms with Crippen LogP contribution in [0.2, 0.25) is 0 Å². The Morgan fingerprint density at radius 3 is 3.20 bits per heavy atom. The van der Waals surface area contributed by atoms with E-state index in [0.717, 1.165) is 15.1 Å². The van der Waals surface area contributed by atoms with Crippen molar-refractivity contribution in [3.8, 4) is 0 Å². The molecule has 0 aliphatic heterocycles. The highest BCUT2D eigenvalue weighted by Gasteiger charge is 1.95. The first kappa shape index (κ1) is 5.82. The molecule has 1 aliphatic rings. The minimum atomic E-state index is 0.745. The van der Waals surface area contributed by atoms with Crippen molar-refractivity contribution in [2.75, 3.05) is 0 Å². The second kappa shape index (κ2) is 2.03. The van der Waals surface area contributed by atoms with Crippen molar-refractivity contribution < 1.29 is 4.42 Å². The van der Waals surface area contributed by atoms with Gasteiger partial charge < -0.3 is 4.42 Å². The first-order chi connectivity index (χ1) is 4.88. The predicted octanol–water partition coefficient (Wildman–Crippen LogP) is 0.927. The van der Waals surface area contributed by atoms with Crippen LogP contribution in [0.1, 0.15) is 0 Å². The van der Waals surface area contributed by atoms with Gasteiger partial charge in [-0.05, 0) is 33.8 Å². The third kappa shape index (κ3) is 0.714. The van der Waals surface area contributed by atoms with Crippen molar-refractivity contribution >= 4 is 27.7 Å². The highest BCUT2D eigenvalue weighted by molar-refractivity contribution is 9.10. The molecule has 0 fully saturated rings. The fraction of sp³-hybridized carbons (Fsp3) is 0. The van der Waals surface area contributed by atoms with Crippen molar-refractivity contribution in [2.45, 2.75) is 0 Å². The Balaban J connectivity index is 3.15. The summed E-state index contributed by atoms with van der Waals surface area (Å²) in [5.74, 6) is 0. The summed E-state index contributed by atoms with van der Waals surface area (Å²) in [6.07, 6.45) is 5.39. The molecule has 1 nitrogen and oxygen atoms in total. The second-order valence-electron chi connectivity index (χ2n) is 1.93. The van der Waals surface area contributed by atoms with E-state index in [2.05, 4.69) is 27.4 Å². The zero-order valence-corrected chi connectivity index (χ0v) is 6.60. The van der Waals surface area contributed by atoms with Gasteiger partial charge in [0.1, 0.15) is 6.26 Å². The van der Waals surface area contributed by atoms with Crippen LogP contribution in [0.4, 0.5) is 0 Å². The van der Waals surface area contributed by atoms with Crippen molar-refractivity contribution in [3.05, 3.63) is 33.2 Å². The van der Waals surface area contributed by atoms with E-state index in [4.69, 9.17) is 4.42 Å². The van der Waals surface area contributed by atoms with Crippen LogP contribution in [0.5, 0.6) is 0 Å². The van der Waals surface area contributed by atoms with Gasteiger partial charge in [-0.3, -0.25) is 0 Å². The lowest BCUT2D eigenvalue weighted by Gasteiger charge is -1.76. The maximum absolute atomic E-state index is 5.11. The van der Waals surface area contributed by atoms with Crippen LogP contribution in [0, 0.1) is 0 Å². The number of halogens is 1. The van der Waals surface area contributed by atoms with Gasteiger partial charge >= 0.3 is 0 Å². The number of hydrogen-bond acceptors (Lipinski definition) is 1. The van der Waals surface area contributed by atoms with Gasteiger partial charge in [0.05, 0.1) is 4.47 Å². The fourth-order valence-electron chi connectivity index (χ4n) is 0.830. The van der Waals surface area contributed by atoms with Gasteiger partial charge in [-0.15, -0.1) is 0 Å². The molecule has 0 aromatic carbocycles. The molecule has 1 aromatic rings. The molecule has 2 rings (SSSR count). The van der Waals surface area contributed by atoms with E-state index in [1.54, 1.807) is 6.26 Å². The lowest BCUT2D eigenvalue weighted by Crippen LogP contribution is -2.19. The second-order valence-corrected chi connectivity index (χ2v) is 2.78. The molecule has 0 saturated carbocycles. The summed E-state index contributed by atoms with van der Waals surface area (Å²) in [6.45, 7) is 0. The molecule has 0 amide bonds. The molecule has 0 bridgehead atoms. The van der Waals surface area contributed by atoms with Crippen LogP contribution < -0.4 is 10.6 Å². The van der Waals surface area contributed by atoms with Crippen molar-refractivity contribution in [1.82, 2.24) is 0 Å². The van der Waals surface area contributed by atoms with Crippen molar-refractivity contribution in [1.29, 1.82) is 0 Å². The van der Waals surface area contributed by atoms with Gasteiger partial charge in [0, 0.05) is 5.22 Å². The van der Waals surface area contributed by atoms with E-state index in [-0.39, 0.29) is 0 Å². The molecule has 0 saturated heterocycles. The van der Waals surface area contributed by atoms with Gasteiger partial charge in [-0.25, -0.2) is 0 Å². The van der Waals surface area contributed by atoms with E-state index >= 15 is 0 Å². The average Bonchev–Trinajstić information content (AvgIpc) is 2.34. The maximum atomic E-state index is 5.11. The standard InChI is InChI=1S/C8H3BrO/c9-7-5-10-8-4-2-1-3-6(7)8/h1,3,5H. The van der Waals surface area contributed by atoms with E-state index in [0.29, 0.717) is 0 Å². The van der Waals surface area contributed by atoms with Crippen LogP contribution in [-0.4, -0.2) is 0 Å². The minimum Gasteiger partial charge on any atom is -0.454 e. The molecule has 10 heavy (non-hydrogen) atoms. The topological polar surface area (TPSA) is 13.1 Å². The molecule has 0 unspecified atom stereocenters. The number of rotatable bonds is 0. The molecular formula is C8H3BrO. The summed E-state index contributed by atoms with van der Waals surface area (Å²) in [7, 11) is 0. The van der Waals surface area contributed by atoms with Crippen molar-refractivity contribution in [2.24, 2.45) is 0 Å². The Hall–Kier alpha value is -0.940. The number of fused-ring (bicyclic) bond motifs is 1. The summed E-state index contributed by atoms with van der Waals surface area (Å²) in [5, 5.41) is 1.04. The molecule has 1 aliphatic carbocycles. The molecule has 0 atom stereocenters. The summed E-state index contributed by atoms with van der Waals surface area (Å²) >= 11 is 3.34. The van der Waals surface area contributed by atoms with Crippen molar-refractivity contribution in [3.63, 3.8) is 0 Å². The third-order valence-corrected chi connectivity index (χ3v) is 1.92. The number of furan rings is 1. The molecule has 0 spiro atoms. The lowest BCUT2D eigenvalue weighted by molar-refractivity contribution is 0.531. The van der Waals surface area contributed by atoms with E-state index in [9.17, 15) is 0 Å². The smallest absolute Gasteiger partial charge is 0.185 e. The summed E-state index contributed by atoms with van der Waals surface area (Å²) < 4.78 is 6.08. The van der Waals surface area contributed by atoms with Gasteiger partial charge in [0.2, 0.25) is 0 Å². The zero-order valence-electron chi connectivity index (χ0n) is 5.02. The first-order valence-corrected chi connectivity index (χ1v) is 3.62. The Kier molecular flexibility index (Phi) is 1.18. The normalized spacial score (nSPS) is 12.1.